The molecule has 7 nitrogen and oxygen atoms in total. The van der Waals surface area contributed by atoms with Gasteiger partial charge in [0.1, 0.15) is 5.82 Å². The monoisotopic (exact) mass is 551 g/mol. The van der Waals surface area contributed by atoms with Crippen LogP contribution in [-0.2, 0) is 6.42 Å². The van der Waals surface area contributed by atoms with E-state index >= 15 is 0 Å². The van der Waals surface area contributed by atoms with E-state index in [9.17, 15) is 14.0 Å². The molecule has 0 bridgehead atoms. The van der Waals surface area contributed by atoms with Crippen LogP contribution in [0.2, 0.25) is 5.02 Å². The number of halogens is 2. The summed E-state index contributed by atoms with van der Waals surface area (Å²) in [6.07, 6.45) is 0.382. The van der Waals surface area contributed by atoms with Crippen molar-refractivity contribution in [2.45, 2.75) is 6.42 Å². The van der Waals surface area contributed by atoms with Gasteiger partial charge in [0.2, 0.25) is 0 Å². The summed E-state index contributed by atoms with van der Waals surface area (Å²) in [4.78, 5) is 32.9. The molecule has 3 aromatic rings. The van der Waals surface area contributed by atoms with Crippen LogP contribution >= 0.6 is 11.6 Å². The van der Waals surface area contributed by atoms with E-state index < -0.39 is 0 Å². The van der Waals surface area contributed by atoms with Crippen molar-refractivity contribution in [1.29, 1.82) is 0 Å². The summed E-state index contributed by atoms with van der Waals surface area (Å²) in [5, 5.41) is 6.33. The summed E-state index contributed by atoms with van der Waals surface area (Å²) < 4.78 is 13.9. The molecule has 1 heterocycles. The number of piperazine rings is 1. The first kappa shape index (κ1) is 28.5. The molecule has 0 radical (unpaired) electrons. The number of nitrogens with one attached hydrogen (secondary N) is 2. The predicted molar refractivity (Wildman–Crippen MR) is 155 cm³/mol. The minimum Gasteiger partial charge on any atom is -0.367 e. The highest BCUT2D eigenvalue weighted by molar-refractivity contribution is 6.31. The molecular formula is C30H35ClFN5O2. The molecular weight excluding hydrogens is 517 g/mol. The van der Waals surface area contributed by atoms with E-state index in [1.54, 1.807) is 54.6 Å². The van der Waals surface area contributed by atoms with Crippen LogP contribution in [0.15, 0.2) is 66.7 Å². The zero-order chi connectivity index (χ0) is 27.8. The van der Waals surface area contributed by atoms with Gasteiger partial charge in [0.15, 0.2) is 0 Å². The van der Waals surface area contributed by atoms with Crippen LogP contribution in [0.3, 0.4) is 0 Å². The van der Waals surface area contributed by atoms with Gasteiger partial charge in [-0.1, -0.05) is 35.9 Å². The average Bonchev–Trinajstić information content (AvgIpc) is 2.93. The number of benzene rings is 3. The highest BCUT2D eigenvalue weighted by Crippen LogP contribution is 2.29. The maximum atomic E-state index is 13.9. The average molecular weight is 552 g/mol. The highest BCUT2D eigenvalue weighted by atomic mass is 35.5. The van der Waals surface area contributed by atoms with Gasteiger partial charge in [-0.25, -0.2) is 4.39 Å². The Balaban J connectivity index is 1.49. The molecule has 0 saturated carbocycles. The molecule has 2 amide bonds. The van der Waals surface area contributed by atoms with Crippen molar-refractivity contribution >= 4 is 34.8 Å². The molecule has 9 heteroatoms. The molecule has 4 rings (SSSR count). The predicted octanol–water partition coefficient (Wildman–Crippen LogP) is 4.39. The number of amides is 2. The second-order valence-corrected chi connectivity index (χ2v) is 10.4. The van der Waals surface area contributed by atoms with Gasteiger partial charge < -0.3 is 20.4 Å². The zero-order valence-electron chi connectivity index (χ0n) is 22.4. The lowest BCUT2D eigenvalue weighted by Gasteiger charge is -2.37. The van der Waals surface area contributed by atoms with Crippen molar-refractivity contribution in [3.05, 3.63) is 94.3 Å². The second-order valence-electron chi connectivity index (χ2n) is 9.93. The SMILES string of the molecule is CN(C)CCN1CCN(c2ccc(C(=O)NCCc3ccccc3F)cc2NC(=O)c2cccc(Cl)c2)CC1. The van der Waals surface area contributed by atoms with Crippen LogP contribution in [0.1, 0.15) is 26.3 Å². The summed E-state index contributed by atoms with van der Waals surface area (Å²) in [5.41, 5.74) is 2.82. The third-order valence-corrected chi connectivity index (χ3v) is 7.04. The molecule has 0 aliphatic carbocycles. The zero-order valence-corrected chi connectivity index (χ0v) is 23.2. The van der Waals surface area contributed by atoms with Crippen molar-refractivity contribution in [2.24, 2.45) is 0 Å². The molecule has 0 unspecified atom stereocenters. The summed E-state index contributed by atoms with van der Waals surface area (Å²) in [6.45, 7) is 5.73. The number of anilines is 2. The van der Waals surface area contributed by atoms with Crippen molar-refractivity contribution in [3.63, 3.8) is 0 Å². The first-order chi connectivity index (χ1) is 18.8. The molecule has 0 aromatic heterocycles. The smallest absolute Gasteiger partial charge is 0.255 e. The Hall–Kier alpha value is -3.46. The highest BCUT2D eigenvalue weighted by Gasteiger charge is 2.22. The van der Waals surface area contributed by atoms with Crippen LogP contribution in [0.5, 0.6) is 0 Å². The fourth-order valence-electron chi connectivity index (χ4n) is 4.55. The number of likely N-dealkylation sites (N-methyl/N-ethyl adjacent to an activating group) is 1. The quantitative estimate of drug-likeness (QED) is 0.391. The Morgan fingerprint density at radius 2 is 1.67 bits per heavy atom. The lowest BCUT2D eigenvalue weighted by molar-refractivity contribution is 0.0952. The van der Waals surface area contributed by atoms with Gasteiger partial charge in [-0.2, -0.15) is 0 Å². The van der Waals surface area contributed by atoms with Crippen LogP contribution in [0.4, 0.5) is 15.8 Å². The van der Waals surface area contributed by atoms with Gasteiger partial charge in [0.05, 0.1) is 11.4 Å². The number of rotatable bonds is 10. The molecule has 0 atom stereocenters. The van der Waals surface area contributed by atoms with Crippen molar-refractivity contribution in [3.8, 4) is 0 Å². The lowest BCUT2D eigenvalue weighted by Crippen LogP contribution is -2.48. The van der Waals surface area contributed by atoms with Crippen LogP contribution in [0, 0.1) is 5.82 Å². The summed E-state index contributed by atoms with van der Waals surface area (Å²) in [6, 6.07) is 18.6. The minimum absolute atomic E-state index is 0.287. The Labute approximate surface area is 234 Å². The molecule has 3 aromatic carbocycles. The summed E-state index contributed by atoms with van der Waals surface area (Å²) in [7, 11) is 4.14. The van der Waals surface area contributed by atoms with Crippen LogP contribution < -0.4 is 15.5 Å². The number of hydrogen-bond donors (Lipinski definition) is 2. The van der Waals surface area contributed by atoms with Gasteiger partial charge in [0, 0.05) is 62.0 Å². The molecule has 1 aliphatic rings. The molecule has 39 heavy (non-hydrogen) atoms. The van der Waals surface area contributed by atoms with E-state index in [-0.39, 0.29) is 17.6 Å². The van der Waals surface area contributed by atoms with E-state index in [2.05, 4.69) is 39.4 Å². The number of carbonyl (C=O) groups is 2. The van der Waals surface area contributed by atoms with Crippen molar-refractivity contribution in [2.75, 3.05) is 70.1 Å². The summed E-state index contributed by atoms with van der Waals surface area (Å²) >= 11 is 6.10. The molecule has 0 spiro atoms. The first-order valence-corrected chi connectivity index (χ1v) is 13.5. The third kappa shape index (κ3) is 8.02. The van der Waals surface area contributed by atoms with E-state index in [0.717, 1.165) is 45.0 Å². The van der Waals surface area contributed by atoms with E-state index in [1.165, 1.54) is 6.07 Å². The maximum absolute atomic E-state index is 13.9. The topological polar surface area (TPSA) is 67.9 Å². The molecule has 2 N–H and O–H groups in total. The van der Waals surface area contributed by atoms with Gasteiger partial charge >= 0.3 is 0 Å². The second kappa shape index (κ2) is 13.6. The number of carbonyl (C=O) groups excluding carboxylic acids is 2. The van der Waals surface area contributed by atoms with Gasteiger partial charge in [-0.3, -0.25) is 14.5 Å². The van der Waals surface area contributed by atoms with Gasteiger partial charge in [-0.05, 0) is 68.5 Å². The number of hydrogen-bond acceptors (Lipinski definition) is 5. The van der Waals surface area contributed by atoms with Crippen LogP contribution in [0.25, 0.3) is 0 Å². The van der Waals surface area contributed by atoms with Crippen molar-refractivity contribution in [1.82, 2.24) is 15.1 Å². The Bertz CT molecular complexity index is 1290. The van der Waals surface area contributed by atoms with Crippen molar-refractivity contribution < 1.29 is 14.0 Å². The fourth-order valence-corrected chi connectivity index (χ4v) is 4.74. The number of nitrogens with zero attached hydrogens (tertiary/aromatic N) is 3. The van der Waals surface area contributed by atoms with E-state index in [1.807, 2.05) is 6.07 Å². The standard InChI is InChI=1S/C30H35ClFN5O2/c1-35(2)14-15-36-16-18-37(19-17-36)28-11-10-24(29(38)33-13-12-22-6-3-4-9-26(22)32)21-27(28)34-30(39)23-7-5-8-25(31)20-23/h3-11,20-21H,12-19H2,1-2H3,(H,33,38)(H,34,39). The fraction of sp³-hybridized carbons (Fsp3) is 0.333. The minimum atomic E-state index is -0.305. The van der Waals surface area contributed by atoms with Gasteiger partial charge in [-0.15, -0.1) is 0 Å². The maximum Gasteiger partial charge on any atom is 0.255 e. The first-order valence-electron chi connectivity index (χ1n) is 13.1. The summed E-state index contributed by atoms with van der Waals surface area (Å²) in [5.74, 6) is -0.881. The Morgan fingerprint density at radius 1 is 0.923 bits per heavy atom. The molecule has 206 valence electrons. The lowest BCUT2D eigenvalue weighted by atomic mass is 10.1. The normalized spacial score (nSPS) is 13.9. The molecule has 1 fully saturated rings. The third-order valence-electron chi connectivity index (χ3n) is 6.81. The van der Waals surface area contributed by atoms with E-state index in [0.29, 0.717) is 40.4 Å². The van der Waals surface area contributed by atoms with E-state index in [4.69, 9.17) is 11.6 Å². The van der Waals surface area contributed by atoms with Gasteiger partial charge in [0.25, 0.3) is 11.8 Å². The molecule has 1 saturated heterocycles. The largest absolute Gasteiger partial charge is 0.367 e. The Kier molecular flexibility index (Phi) is 9.92. The molecule has 1 aliphatic heterocycles. The van der Waals surface area contributed by atoms with Crippen LogP contribution in [-0.4, -0.2) is 81.5 Å². The Morgan fingerprint density at radius 3 is 2.38 bits per heavy atom.